The monoisotopic (exact) mass is 475 g/mol. The summed E-state index contributed by atoms with van der Waals surface area (Å²) in [7, 11) is 0. The average Bonchev–Trinajstić information content (AvgIpc) is 2.98. The van der Waals surface area contributed by atoms with E-state index in [1.807, 2.05) is 36.0 Å². The molecule has 0 saturated heterocycles. The van der Waals surface area contributed by atoms with Gasteiger partial charge in [0.05, 0.1) is 6.20 Å². The van der Waals surface area contributed by atoms with Crippen LogP contribution in [-0.4, -0.2) is 35.4 Å². The first-order chi connectivity index (χ1) is 11.7. The van der Waals surface area contributed by atoms with Crippen molar-refractivity contribution in [3.05, 3.63) is 52.8 Å². The second kappa shape index (κ2) is 12.1. The van der Waals surface area contributed by atoms with Crippen molar-refractivity contribution >= 4 is 41.5 Å². The van der Waals surface area contributed by atoms with Gasteiger partial charge in [0.25, 0.3) is 0 Å². The first-order valence-corrected chi connectivity index (χ1v) is 8.81. The third-order valence-electron chi connectivity index (χ3n) is 3.57. The van der Waals surface area contributed by atoms with Gasteiger partial charge in [0.15, 0.2) is 5.96 Å². The zero-order valence-corrected chi connectivity index (χ0v) is 17.9. The van der Waals surface area contributed by atoms with Crippen molar-refractivity contribution in [1.29, 1.82) is 0 Å². The summed E-state index contributed by atoms with van der Waals surface area (Å²) >= 11 is 6.18. The lowest BCUT2D eigenvalue weighted by Gasteiger charge is -2.12. The molecule has 0 saturated carbocycles. The molecule has 1 aromatic carbocycles. The molecule has 1 heterocycles. The van der Waals surface area contributed by atoms with Gasteiger partial charge in [-0.05, 0) is 43.9 Å². The van der Waals surface area contributed by atoms with Crippen LogP contribution in [0.3, 0.4) is 0 Å². The second-order valence-electron chi connectivity index (χ2n) is 5.66. The van der Waals surface area contributed by atoms with Gasteiger partial charge in [0.2, 0.25) is 0 Å². The molecular formula is C18H27ClIN5. The van der Waals surface area contributed by atoms with Crippen molar-refractivity contribution in [3.63, 3.8) is 0 Å². The van der Waals surface area contributed by atoms with Crippen molar-refractivity contribution in [2.24, 2.45) is 4.99 Å². The van der Waals surface area contributed by atoms with E-state index in [0.717, 1.165) is 55.6 Å². The number of guanidine groups is 1. The summed E-state index contributed by atoms with van der Waals surface area (Å²) in [5.41, 5.74) is 2.34. The van der Waals surface area contributed by atoms with E-state index in [1.165, 1.54) is 5.56 Å². The number of halogens is 2. The predicted molar refractivity (Wildman–Crippen MR) is 116 cm³/mol. The molecule has 1 aromatic heterocycles. The third kappa shape index (κ3) is 8.09. The Balaban J connectivity index is 0.00000312. The summed E-state index contributed by atoms with van der Waals surface area (Å²) in [6, 6.07) is 7.94. The molecule has 0 aliphatic rings. The predicted octanol–water partition coefficient (Wildman–Crippen LogP) is 3.65. The molecule has 2 N–H and O–H groups in total. The van der Waals surface area contributed by atoms with E-state index in [9.17, 15) is 0 Å². The minimum atomic E-state index is 0. The van der Waals surface area contributed by atoms with Gasteiger partial charge in [-0.1, -0.05) is 29.8 Å². The SMILES string of the molecule is CCNC(=NCCCn1cc(C)cn1)NCCc1ccccc1Cl.I. The van der Waals surface area contributed by atoms with E-state index in [0.29, 0.717) is 0 Å². The van der Waals surface area contributed by atoms with Crippen LogP contribution in [-0.2, 0) is 13.0 Å². The zero-order valence-electron chi connectivity index (χ0n) is 14.8. The molecule has 7 heteroatoms. The van der Waals surface area contributed by atoms with Crippen LogP contribution in [0.25, 0.3) is 0 Å². The summed E-state index contributed by atoms with van der Waals surface area (Å²) in [5, 5.41) is 11.7. The molecule has 25 heavy (non-hydrogen) atoms. The topological polar surface area (TPSA) is 54.2 Å². The highest BCUT2D eigenvalue weighted by Crippen LogP contribution is 2.14. The van der Waals surface area contributed by atoms with E-state index in [4.69, 9.17) is 11.6 Å². The van der Waals surface area contributed by atoms with Crippen LogP contribution < -0.4 is 10.6 Å². The van der Waals surface area contributed by atoms with Gasteiger partial charge < -0.3 is 10.6 Å². The van der Waals surface area contributed by atoms with Gasteiger partial charge in [-0.2, -0.15) is 5.10 Å². The first-order valence-electron chi connectivity index (χ1n) is 8.43. The Hall–Kier alpha value is -1.28. The van der Waals surface area contributed by atoms with Crippen LogP contribution in [0.1, 0.15) is 24.5 Å². The first kappa shape index (κ1) is 21.8. The van der Waals surface area contributed by atoms with E-state index in [-0.39, 0.29) is 24.0 Å². The van der Waals surface area contributed by atoms with Crippen molar-refractivity contribution < 1.29 is 0 Å². The molecule has 0 unspecified atom stereocenters. The number of nitrogens with zero attached hydrogens (tertiary/aromatic N) is 3. The molecule has 0 spiro atoms. The largest absolute Gasteiger partial charge is 0.357 e. The fraction of sp³-hybridized carbons (Fsp3) is 0.444. The highest BCUT2D eigenvalue weighted by molar-refractivity contribution is 14.0. The minimum Gasteiger partial charge on any atom is -0.357 e. The van der Waals surface area contributed by atoms with Crippen LogP contribution in [0.2, 0.25) is 5.02 Å². The molecule has 0 amide bonds. The normalized spacial score (nSPS) is 11.1. The molecule has 2 rings (SSSR count). The molecule has 2 aromatic rings. The molecule has 0 atom stereocenters. The van der Waals surface area contributed by atoms with Gasteiger partial charge >= 0.3 is 0 Å². The number of aromatic nitrogens is 2. The molecule has 138 valence electrons. The molecule has 0 aliphatic heterocycles. The molecule has 0 aliphatic carbocycles. The van der Waals surface area contributed by atoms with Gasteiger partial charge in [-0.25, -0.2) is 0 Å². The molecule has 5 nitrogen and oxygen atoms in total. The van der Waals surface area contributed by atoms with Crippen LogP contribution >= 0.6 is 35.6 Å². The number of hydrogen-bond acceptors (Lipinski definition) is 2. The molecule has 0 fully saturated rings. The maximum atomic E-state index is 6.18. The minimum absolute atomic E-state index is 0. The van der Waals surface area contributed by atoms with Crippen LogP contribution in [0.4, 0.5) is 0 Å². The third-order valence-corrected chi connectivity index (χ3v) is 3.94. The summed E-state index contributed by atoms with van der Waals surface area (Å²) in [5.74, 6) is 0.848. The summed E-state index contributed by atoms with van der Waals surface area (Å²) in [4.78, 5) is 4.61. The zero-order chi connectivity index (χ0) is 17.2. The van der Waals surface area contributed by atoms with Gasteiger partial charge in [0, 0.05) is 37.4 Å². The van der Waals surface area contributed by atoms with Crippen molar-refractivity contribution in [3.8, 4) is 0 Å². The standard InChI is InChI=1S/C18H26ClN5.HI/c1-3-20-18(21-10-6-12-24-14-15(2)13-23-24)22-11-9-16-7-4-5-8-17(16)19;/h4-5,7-8,13-14H,3,6,9-12H2,1-2H3,(H2,20,21,22);1H. The van der Waals surface area contributed by atoms with E-state index in [2.05, 4.69) is 39.9 Å². The average molecular weight is 476 g/mol. The number of nitrogens with one attached hydrogen (secondary N) is 2. The lowest BCUT2D eigenvalue weighted by Crippen LogP contribution is -2.38. The summed E-state index contributed by atoms with van der Waals surface area (Å²) < 4.78 is 1.96. The van der Waals surface area contributed by atoms with Crippen molar-refractivity contribution in [2.45, 2.75) is 33.2 Å². The molecule has 0 bridgehead atoms. The highest BCUT2D eigenvalue weighted by Gasteiger charge is 2.01. The van der Waals surface area contributed by atoms with Gasteiger partial charge in [-0.3, -0.25) is 9.67 Å². The van der Waals surface area contributed by atoms with E-state index >= 15 is 0 Å². The quantitative estimate of drug-likeness (QED) is 0.265. The highest BCUT2D eigenvalue weighted by atomic mass is 127. The molecule has 0 radical (unpaired) electrons. The lowest BCUT2D eigenvalue weighted by molar-refractivity contribution is 0.583. The Morgan fingerprint density at radius 1 is 1.28 bits per heavy atom. The number of aryl methyl sites for hydroxylation is 2. The number of benzene rings is 1. The van der Waals surface area contributed by atoms with Gasteiger partial charge in [0.1, 0.15) is 0 Å². The maximum absolute atomic E-state index is 6.18. The number of aliphatic imine (C=N–C) groups is 1. The Morgan fingerprint density at radius 3 is 2.76 bits per heavy atom. The Morgan fingerprint density at radius 2 is 2.08 bits per heavy atom. The number of hydrogen-bond donors (Lipinski definition) is 2. The fourth-order valence-corrected chi connectivity index (χ4v) is 2.60. The Labute approximate surface area is 172 Å². The van der Waals surface area contributed by atoms with Crippen molar-refractivity contribution in [2.75, 3.05) is 19.6 Å². The second-order valence-corrected chi connectivity index (χ2v) is 6.07. The van der Waals surface area contributed by atoms with E-state index in [1.54, 1.807) is 0 Å². The summed E-state index contributed by atoms with van der Waals surface area (Å²) in [6.07, 6.45) is 5.76. The van der Waals surface area contributed by atoms with E-state index < -0.39 is 0 Å². The Kier molecular flexibility index (Phi) is 10.6. The van der Waals surface area contributed by atoms with Crippen LogP contribution in [0, 0.1) is 6.92 Å². The van der Waals surface area contributed by atoms with Crippen LogP contribution in [0.5, 0.6) is 0 Å². The Bertz CT molecular complexity index is 656. The smallest absolute Gasteiger partial charge is 0.191 e. The van der Waals surface area contributed by atoms with Crippen LogP contribution in [0.15, 0.2) is 41.7 Å². The van der Waals surface area contributed by atoms with Crippen molar-refractivity contribution in [1.82, 2.24) is 20.4 Å². The lowest BCUT2D eigenvalue weighted by atomic mass is 10.1. The maximum Gasteiger partial charge on any atom is 0.191 e. The van der Waals surface area contributed by atoms with Gasteiger partial charge in [-0.15, -0.1) is 24.0 Å². The number of rotatable bonds is 8. The molecular weight excluding hydrogens is 449 g/mol. The fourth-order valence-electron chi connectivity index (χ4n) is 2.37. The summed E-state index contributed by atoms with van der Waals surface area (Å²) in [6.45, 7) is 7.41.